The zero-order valence-electron chi connectivity index (χ0n) is 11.0. The highest BCUT2D eigenvalue weighted by Gasteiger charge is 2.17. The summed E-state index contributed by atoms with van der Waals surface area (Å²) in [6.07, 6.45) is 2.07. The van der Waals surface area contributed by atoms with Gasteiger partial charge in [0.05, 0.1) is 6.23 Å². The Labute approximate surface area is 108 Å². The minimum atomic E-state index is -1.47. The summed E-state index contributed by atoms with van der Waals surface area (Å²) in [5.74, 6) is 0. The maximum Gasteiger partial charge on any atom is 0.297 e. The molecule has 0 saturated heterocycles. The van der Waals surface area contributed by atoms with E-state index in [0.29, 0.717) is 5.05 Å². The molecule has 0 spiro atoms. The van der Waals surface area contributed by atoms with E-state index in [0.717, 1.165) is 12.7 Å². The predicted octanol–water partition coefficient (Wildman–Crippen LogP) is 1.43. The summed E-state index contributed by atoms with van der Waals surface area (Å²) in [6, 6.07) is 0. The van der Waals surface area contributed by atoms with Crippen LogP contribution in [0.3, 0.4) is 0 Å². The van der Waals surface area contributed by atoms with Gasteiger partial charge in [-0.3, -0.25) is 0 Å². The first-order chi connectivity index (χ1) is 7.45. The second kappa shape index (κ2) is 9.29. The molecule has 16 heavy (non-hydrogen) atoms. The lowest BCUT2D eigenvalue weighted by Gasteiger charge is -2.21. The molecule has 0 unspecified atom stereocenters. The Bertz CT molecular complexity index is 191. The Balaban J connectivity index is 3.86. The first-order valence-corrected chi connectivity index (χ1v) is 11.5. The van der Waals surface area contributed by atoms with Gasteiger partial charge in [0.1, 0.15) is 9.04 Å². The summed E-state index contributed by atoms with van der Waals surface area (Å²) >= 11 is 5.02. The first-order valence-electron chi connectivity index (χ1n) is 5.92. The first kappa shape index (κ1) is 16.2. The standard InChI is InChI=1S/C10H24O3SSi2/c1-6-10(14)11-7-15-16(12-8(2)3)13-9(4)5/h8-9,16H,6-7,15H2,1-5H3. The van der Waals surface area contributed by atoms with Gasteiger partial charge in [-0.15, -0.1) is 0 Å². The highest BCUT2D eigenvalue weighted by atomic mass is 32.1. The van der Waals surface area contributed by atoms with Crippen molar-refractivity contribution in [2.24, 2.45) is 0 Å². The van der Waals surface area contributed by atoms with Crippen LogP contribution >= 0.6 is 12.2 Å². The van der Waals surface area contributed by atoms with Crippen LogP contribution in [0, 0.1) is 0 Å². The topological polar surface area (TPSA) is 27.7 Å². The molecule has 0 atom stereocenters. The Morgan fingerprint density at radius 1 is 1.19 bits per heavy atom. The SMILES string of the molecule is CCC(=S)OC[SiH2][SiH](OC(C)C)OC(C)C. The number of rotatable bonds is 8. The predicted molar refractivity (Wildman–Crippen MR) is 77.0 cm³/mol. The van der Waals surface area contributed by atoms with Crippen molar-refractivity contribution in [2.75, 3.05) is 6.23 Å². The van der Waals surface area contributed by atoms with Crippen LogP contribution in [0.2, 0.25) is 0 Å². The Morgan fingerprint density at radius 2 is 1.69 bits per heavy atom. The fourth-order valence-electron chi connectivity index (χ4n) is 1.15. The molecule has 3 nitrogen and oxygen atoms in total. The Hall–Kier alpha value is 0.244. The van der Waals surface area contributed by atoms with Crippen molar-refractivity contribution >= 4 is 35.1 Å². The van der Waals surface area contributed by atoms with Crippen molar-refractivity contribution in [2.45, 2.75) is 53.2 Å². The minimum Gasteiger partial charge on any atom is -0.491 e. The fourth-order valence-corrected chi connectivity index (χ4v) is 7.54. The normalized spacial score (nSPS) is 12.2. The van der Waals surface area contributed by atoms with E-state index in [2.05, 4.69) is 27.7 Å². The van der Waals surface area contributed by atoms with Crippen LogP contribution in [-0.2, 0) is 13.6 Å². The number of ether oxygens (including phenoxy) is 1. The summed E-state index contributed by atoms with van der Waals surface area (Å²) in [6.45, 7) is 10.2. The highest BCUT2D eigenvalue weighted by Crippen LogP contribution is 1.99. The zero-order valence-corrected chi connectivity index (χ0v) is 14.4. The van der Waals surface area contributed by atoms with Crippen molar-refractivity contribution in [3.05, 3.63) is 0 Å². The molecule has 0 N–H and O–H groups in total. The molecule has 0 saturated carbocycles. The van der Waals surface area contributed by atoms with Crippen LogP contribution in [0.4, 0.5) is 0 Å². The molecular formula is C10H24O3SSi2. The molecule has 0 aliphatic rings. The third kappa shape index (κ3) is 9.47. The van der Waals surface area contributed by atoms with E-state index in [4.69, 9.17) is 25.8 Å². The van der Waals surface area contributed by atoms with Gasteiger partial charge in [-0.05, 0) is 39.9 Å². The van der Waals surface area contributed by atoms with E-state index in [9.17, 15) is 0 Å². The zero-order chi connectivity index (χ0) is 12.6. The maximum atomic E-state index is 5.83. The molecule has 0 aromatic carbocycles. The van der Waals surface area contributed by atoms with E-state index >= 15 is 0 Å². The third-order valence-corrected chi connectivity index (χ3v) is 8.04. The third-order valence-electron chi connectivity index (χ3n) is 1.75. The monoisotopic (exact) mass is 280 g/mol. The highest BCUT2D eigenvalue weighted by molar-refractivity contribution is 7.80. The van der Waals surface area contributed by atoms with Crippen molar-refractivity contribution in [3.63, 3.8) is 0 Å². The van der Waals surface area contributed by atoms with Gasteiger partial charge in [0.25, 0.3) is 8.80 Å². The Morgan fingerprint density at radius 3 is 2.06 bits per heavy atom. The van der Waals surface area contributed by atoms with Crippen molar-refractivity contribution in [1.82, 2.24) is 0 Å². The van der Waals surface area contributed by atoms with E-state index in [1.54, 1.807) is 0 Å². The maximum absolute atomic E-state index is 5.83. The molecule has 0 rings (SSSR count). The average molecular weight is 281 g/mol. The molecule has 96 valence electrons. The quantitative estimate of drug-likeness (QED) is 0.497. The van der Waals surface area contributed by atoms with Gasteiger partial charge in [-0.1, -0.05) is 6.92 Å². The number of hydrogen-bond acceptors (Lipinski definition) is 4. The molecule has 0 heterocycles. The van der Waals surface area contributed by atoms with E-state index in [-0.39, 0.29) is 12.2 Å². The molecule has 0 aliphatic carbocycles. The molecule has 0 aromatic rings. The van der Waals surface area contributed by atoms with E-state index < -0.39 is 17.8 Å². The number of hydrogen-bond donors (Lipinski definition) is 0. The minimum absolute atomic E-state index is 0.251. The second-order valence-corrected chi connectivity index (χ2v) is 10.7. The van der Waals surface area contributed by atoms with Crippen LogP contribution in [0.1, 0.15) is 41.0 Å². The Kier molecular flexibility index (Phi) is 9.43. The van der Waals surface area contributed by atoms with E-state index in [1.165, 1.54) is 0 Å². The molecule has 0 aliphatic heterocycles. The molecule has 6 heteroatoms. The molecule has 0 bridgehead atoms. The van der Waals surface area contributed by atoms with Gasteiger partial charge in [0.2, 0.25) is 0 Å². The smallest absolute Gasteiger partial charge is 0.297 e. The van der Waals surface area contributed by atoms with Gasteiger partial charge in [-0.25, -0.2) is 0 Å². The van der Waals surface area contributed by atoms with Crippen LogP contribution in [0.5, 0.6) is 0 Å². The molecule has 0 fully saturated rings. The van der Waals surface area contributed by atoms with Crippen LogP contribution < -0.4 is 0 Å². The van der Waals surface area contributed by atoms with Crippen molar-refractivity contribution < 1.29 is 13.6 Å². The number of thiocarbonyl (C=S) groups is 1. The average Bonchev–Trinajstić information content (AvgIpc) is 2.15. The molecule has 0 aromatic heterocycles. The second-order valence-electron chi connectivity index (χ2n) is 4.16. The lowest BCUT2D eigenvalue weighted by Crippen LogP contribution is -2.38. The van der Waals surface area contributed by atoms with Gasteiger partial charge in [-0.2, -0.15) is 0 Å². The summed E-state index contributed by atoms with van der Waals surface area (Å²) in [4.78, 5) is 0. The van der Waals surface area contributed by atoms with Gasteiger partial charge >= 0.3 is 0 Å². The summed E-state index contributed by atoms with van der Waals surface area (Å²) in [5, 5.41) is 0.703. The molecular weight excluding hydrogens is 256 g/mol. The van der Waals surface area contributed by atoms with Crippen molar-refractivity contribution in [1.29, 1.82) is 0 Å². The molecule has 0 radical (unpaired) electrons. The fraction of sp³-hybridized carbons (Fsp3) is 0.900. The van der Waals surface area contributed by atoms with Crippen LogP contribution in [0.15, 0.2) is 0 Å². The van der Waals surface area contributed by atoms with Gasteiger partial charge in [0, 0.05) is 18.6 Å². The van der Waals surface area contributed by atoms with Crippen LogP contribution in [0.25, 0.3) is 0 Å². The van der Waals surface area contributed by atoms with Crippen molar-refractivity contribution in [3.8, 4) is 0 Å². The largest absolute Gasteiger partial charge is 0.491 e. The lowest BCUT2D eigenvalue weighted by atomic mass is 10.5. The summed E-state index contributed by atoms with van der Waals surface area (Å²) < 4.78 is 17.1. The van der Waals surface area contributed by atoms with Gasteiger partial charge in [0.15, 0.2) is 5.05 Å². The van der Waals surface area contributed by atoms with Gasteiger partial charge < -0.3 is 13.6 Å². The summed E-state index contributed by atoms with van der Waals surface area (Å²) in [5.41, 5.74) is 0. The van der Waals surface area contributed by atoms with E-state index in [1.807, 2.05) is 6.92 Å². The summed E-state index contributed by atoms with van der Waals surface area (Å²) in [7, 11) is -1.89. The lowest BCUT2D eigenvalue weighted by molar-refractivity contribution is 0.143. The van der Waals surface area contributed by atoms with Crippen LogP contribution in [-0.4, -0.2) is 41.3 Å². The molecule has 0 amide bonds.